The van der Waals surface area contributed by atoms with E-state index in [-0.39, 0.29) is 10.6 Å². The van der Waals surface area contributed by atoms with Gasteiger partial charge in [0.1, 0.15) is 0 Å². The Bertz CT molecular complexity index is 668. The number of hydrogen-bond acceptors (Lipinski definition) is 3. The molecule has 0 aliphatic rings. The monoisotopic (exact) mass is 281 g/mol. The zero-order valence-corrected chi connectivity index (χ0v) is 11.1. The fourth-order valence-electron chi connectivity index (χ4n) is 1.61. The average molecular weight is 282 g/mol. The van der Waals surface area contributed by atoms with Crippen LogP contribution in [-0.4, -0.2) is 8.42 Å². The molecule has 0 aliphatic carbocycles. The van der Waals surface area contributed by atoms with E-state index in [1.54, 1.807) is 36.4 Å². The number of benzene rings is 2. The van der Waals surface area contributed by atoms with Gasteiger partial charge in [-0.2, -0.15) is 0 Å². The van der Waals surface area contributed by atoms with Gasteiger partial charge in [0.2, 0.25) is 0 Å². The van der Waals surface area contributed by atoms with Crippen molar-refractivity contribution in [3.8, 4) is 0 Å². The van der Waals surface area contributed by atoms with Gasteiger partial charge in [-0.05, 0) is 29.8 Å². The van der Waals surface area contributed by atoms with Gasteiger partial charge >= 0.3 is 0 Å². The third kappa shape index (κ3) is 2.83. The summed E-state index contributed by atoms with van der Waals surface area (Å²) in [6.45, 7) is 0. The number of anilines is 1. The zero-order valence-electron chi connectivity index (χ0n) is 9.51. The second-order valence-corrected chi connectivity index (χ2v) is 6.32. The first kappa shape index (κ1) is 12.9. The van der Waals surface area contributed by atoms with Crippen LogP contribution < -0.4 is 5.73 Å². The summed E-state index contributed by atoms with van der Waals surface area (Å²) in [6.07, 6.45) is 0. The largest absolute Gasteiger partial charge is 0.399 e. The number of rotatable bonds is 3. The van der Waals surface area contributed by atoms with Gasteiger partial charge in [-0.15, -0.1) is 0 Å². The van der Waals surface area contributed by atoms with Crippen molar-refractivity contribution in [1.29, 1.82) is 0 Å². The van der Waals surface area contributed by atoms with Crippen molar-refractivity contribution in [2.45, 2.75) is 10.6 Å². The number of nitrogen functional groups attached to an aromatic ring is 1. The van der Waals surface area contributed by atoms with Crippen molar-refractivity contribution in [3.05, 3.63) is 59.1 Å². The van der Waals surface area contributed by atoms with E-state index in [1.165, 1.54) is 12.1 Å². The molecule has 0 heterocycles. The van der Waals surface area contributed by atoms with Gasteiger partial charge in [-0.3, -0.25) is 0 Å². The van der Waals surface area contributed by atoms with E-state index in [4.69, 9.17) is 17.3 Å². The van der Waals surface area contributed by atoms with Gasteiger partial charge in [0.05, 0.1) is 10.6 Å². The standard InChI is InChI=1S/C13H12ClNO2S/c14-13-7-2-1-4-10(13)9-18(16,17)12-6-3-5-11(15)8-12/h1-8H,9,15H2. The van der Waals surface area contributed by atoms with E-state index in [9.17, 15) is 8.42 Å². The Morgan fingerprint density at radius 2 is 1.78 bits per heavy atom. The second kappa shape index (κ2) is 5.00. The maximum Gasteiger partial charge on any atom is 0.182 e. The Morgan fingerprint density at radius 1 is 1.06 bits per heavy atom. The Morgan fingerprint density at radius 3 is 2.44 bits per heavy atom. The zero-order chi connectivity index (χ0) is 13.2. The lowest BCUT2D eigenvalue weighted by molar-refractivity contribution is 0.595. The molecule has 0 atom stereocenters. The summed E-state index contributed by atoms with van der Waals surface area (Å²) in [4.78, 5) is 0.211. The van der Waals surface area contributed by atoms with Gasteiger partial charge in [-0.1, -0.05) is 35.9 Å². The molecule has 0 amide bonds. The van der Waals surface area contributed by atoms with Crippen LogP contribution in [0.5, 0.6) is 0 Å². The molecule has 18 heavy (non-hydrogen) atoms. The summed E-state index contributed by atoms with van der Waals surface area (Å²) in [6, 6.07) is 13.1. The molecule has 5 heteroatoms. The Labute approximate surface area is 111 Å². The molecule has 0 saturated heterocycles. The summed E-state index contributed by atoms with van der Waals surface area (Å²) in [5, 5.41) is 0.449. The van der Waals surface area contributed by atoms with Crippen molar-refractivity contribution in [2.75, 3.05) is 5.73 Å². The molecule has 2 aromatic carbocycles. The van der Waals surface area contributed by atoms with E-state index in [0.717, 1.165) is 0 Å². The summed E-state index contributed by atoms with van der Waals surface area (Å²) in [5.74, 6) is -0.129. The normalized spacial score (nSPS) is 11.4. The first-order valence-electron chi connectivity index (χ1n) is 5.31. The number of nitrogens with two attached hydrogens (primary N) is 1. The molecule has 0 saturated carbocycles. The Balaban J connectivity index is 2.37. The minimum absolute atomic E-state index is 0.129. The highest BCUT2D eigenvalue weighted by atomic mass is 35.5. The second-order valence-electron chi connectivity index (χ2n) is 3.92. The maximum absolute atomic E-state index is 12.2. The van der Waals surface area contributed by atoms with Gasteiger partial charge < -0.3 is 5.73 Å². The molecular formula is C13H12ClNO2S. The SMILES string of the molecule is Nc1cccc(S(=O)(=O)Cc2ccccc2Cl)c1. The summed E-state index contributed by atoms with van der Waals surface area (Å²) in [5.41, 5.74) is 6.60. The third-order valence-electron chi connectivity index (χ3n) is 2.52. The topological polar surface area (TPSA) is 60.2 Å². The highest BCUT2D eigenvalue weighted by Gasteiger charge is 2.16. The van der Waals surface area contributed by atoms with Crippen molar-refractivity contribution in [1.82, 2.24) is 0 Å². The van der Waals surface area contributed by atoms with Crippen LogP contribution in [0.4, 0.5) is 5.69 Å². The quantitative estimate of drug-likeness (QED) is 0.880. The molecule has 0 bridgehead atoms. The van der Waals surface area contributed by atoms with Crippen molar-refractivity contribution in [2.24, 2.45) is 0 Å². The molecule has 0 unspecified atom stereocenters. The van der Waals surface area contributed by atoms with Crippen LogP contribution in [0.15, 0.2) is 53.4 Å². The van der Waals surface area contributed by atoms with E-state index in [2.05, 4.69) is 0 Å². The molecule has 0 spiro atoms. The van der Waals surface area contributed by atoms with Gasteiger partial charge in [0.25, 0.3) is 0 Å². The number of hydrogen-bond donors (Lipinski definition) is 1. The molecule has 94 valence electrons. The lowest BCUT2D eigenvalue weighted by Crippen LogP contribution is -2.05. The van der Waals surface area contributed by atoms with Crippen molar-refractivity contribution < 1.29 is 8.42 Å². The van der Waals surface area contributed by atoms with E-state index in [1.807, 2.05) is 0 Å². The molecule has 0 radical (unpaired) electrons. The minimum atomic E-state index is -3.42. The van der Waals surface area contributed by atoms with Crippen LogP contribution in [0, 0.1) is 0 Å². The van der Waals surface area contributed by atoms with Crippen LogP contribution in [0.25, 0.3) is 0 Å². The first-order valence-corrected chi connectivity index (χ1v) is 7.34. The minimum Gasteiger partial charge on any atom is -0.399 e. The van der Waals surface area contributed by atoms with Crippen molar-refractivity contribution >= 4 is 27.1 Å². The predicted molar refractivity (Wildman–Crippen MR) is 73.2 cm³/mol. The molecule has 3 nitrogen and oxygen atoms in total. The maximum atomic E-state index is 12.2. The lowest BCUT2D eigenvalue weighted by atomic mass is 10.2. The Kier molecular flexibility index (Phi) is 3.59. The molecular weight excluding hydrogens is 270 g/mol. The molecule has 0 aromatic heterocycles. The highest BCUT2D eigenvalue weighted by molar-refractivity contribution is 7.90. The first-order chi connectivity index (χ1) is 8.49. The van der Waals surface area contributed by atoms with Crippen molar-refractivity contribution in [3.63, 3.8) is 0 Å². The summed E-state index contributed by atoms with van der Waals surface area (Å²) >= 11 is 5.96. The molecule has 0 fully saturated rings. The highest BCUT2D eigenvalue weighted by Crippen LogP contribution is 2.22. The number of sulfone groups is 1. The van der Waals surface area contributed by atoms with Crippen LogP contribution in [0.1, 0.15) is 5.56 Å². The molecule has 2 N–H and O–H groups in total. The predicted octanol–water partition coefficient (Wildman–Crippen LogP) is 2.90. The van der Waals surface area contributed by atoms with Crippen LogP contribution in [0.3, 0.4) is 0 Å². The third-order valence-corrected chi connectivity index (χ3v) is 4.55. The average Bonchev–Trinajstić information content (AvgIpc) is 2.32. The van der Waals surface area contributed by atoms with Gasteiger partial charge in [0, 0.05) is 10.7 Å². The molecule has 2 aromatic rings. The lowest BCUT2D eigenvalue weighted by Gasteiger charge is -2.06. The molecule has 2 rings (SSSR count). The van der Waals surface area contributed by atoms with E-state index < -0.39 is 9.84 Å². The van der Waals surface area contributed by atoms with Gasteiger partial charge in [0.15, 0.2) is 9.84 Å². The van der Waals surface area contributed by atoms with Crippen LogP contribution >= 0.6 is 11.6 Å². The molecule has 0 aliphatic heterocycles. The summed E-state index contributed by atoms with van der Waals surface area (Å²) in [7, 11) is -3.42. The number of halogens is 1. The van der Waals surface area contributed by atoms with E-state index >= 15 is 0 Å². The van der Waals surface area contributed by atoms with Crippen LogP contribution in [-0.2, 0) is 15.6 Å². The smallest absolute Gasteiger partial charge is 0.182 e. The Hall–Kier alpha value is -1.52. The fraction of sp³-hybridized carbons (Fsp3) is 0.0769. The fourth-order valence-corrected chi connectivity index (χ4v) is 3.32. The van der Waals surface area contributed by atoms with Gasteiger partial charge in [-0.25, -0.2) is 8.42 Å². The van der Waals surface area contributed by atoms with Crippen LogP contribution in [0.2, 0.25) is 5.02 Å². The van der Waals surface area contributed by atoms with E-state index in [0.29, 0.717) is 16.3 Å². The summed E-state index contributed by atoms with van der Waals surface area (Å²) < 4.78 is 24.4.